The summed E-state index contributed by atoms with van der Waals surface area (Å²) in [6.07, 6.45) is 1.61. The largest absolute Gasteiger partial charge is 0.493 e. The van der Waals surface area contributed by atoms with E-state index in [9.17, 15) is 14.9 Å². The van der Waals surface area contributed by atoms with Crippen molar-refractivity contribution in [3.63, 3.8) is 0 Å². The van der Waals surface area contributed by atoms with Gasteiger partial charge in [0.15, 0.2) is 23.1 Å². The summed E-state index contributed by atoms with van der Waals surface area (Å²) in [6.45, 7) is 0. The van der Waals surface area contributed by atoms with E-state index in [0.29, 0.717) is 27.3 Å². The molecule has 0 saturated carbocycles. The Bertz CT molecular complexity index is 1070. The highest BCUT2D eigenvalue weighted by molar-refractivity contribution is 6.36. The Kier molecular flexibility index (Phi) is 6.36. The molecule has 0 aliphatic carbocycles. The Labute approximate surface area is 175 Å². The second kappa shape index (κ2) is 8.93. The maximum atomic E-state index is 12.2. The highest BCUT2D eigenvalue weighted by atomic mass is 35.5. The predicted molar refractivity (Wildman–Crippen MR) is 106 cm³/mol. The summed E-state index contributed by atoms with van der Waals surface area (Å²) >= 11 is 12.0. The first-order valence-corrected chi connectivity index (χ1v) is 9.06. The maximum Gasteiger partial charge on any atom is 0.311 e. The number of nitro groups is 1. The number of oxazole rings is 1. The average molecular weight is 437 g/mol. The van der Waals surface area contributed by atoms with E-state index in [-0.39, 0.29) is 30.0 Å². The van der Waals surface area contributed by atoms with Crippen molar-refractivity contribution in [3.05, 3.63) is 68.6 Å². The molecule has 0 unspecified atom stereocenters. The fourth-order valence-electron chi connectivity index (χ4n) is 2.48. The highest BCUT2D eigenvalue weighted by Gasteiger charge is 2.17. The molecular weight excluding hydrogens is 423 g/mol. The molecule has 0 aliphatic heterocycles. The molecule has 3 rings (SSSR count). The molecule has 0 radical (unpaired) electrons. The molecule has 3 aromatic rings. The number of methoxy groups -OCH3 is 1. The lowest BCUT2D eigenvalue weighted by Crippen LogP contribution is -2.10. The van der Waals surface area contributed by atoms with Gasteiger partial charge in [0.25, 0.3) is 5.69 Å². The number of aromatic nitrogens is 1. The quantitative estimate of drug-likeness (QED) is 0.219. The van der Waals surface area contributed by atoms with Gasteiger partial charge in [0.1, 0.15) is 0 Å². The van der Waals surface area contributed by atoms with Crippen molar-refractivity contribution in [2.45, 2.75) is 12.8 Å². The molecule has 0 saturated heterocycles. The van der Waals surface area contributed by atoms with Crippen LogP contribution in [0.15, 0.2) is 47.0 Å². The molecule has 0 bridgehead atoms. The number of nitro benzene ring substituents is 1. The van der Waals surface area contributed by atoms with Gasteiger partial charge in [0, 0.05) is 23.1 Å². The van der Waals surface area contributed by atoms with Crippen molar-refractivity contribution in [2.75, 3.05) is 7.11 Å². The van der Waals surface area contributed by atoms with Crippen LogP contribution in [0, 0.1) is 10.1 Å². The lowest BCUT2D eigenvalue weighted by molar-refractivity contribution is -0.384. The summed E-state index contributed by atoms with van der Waals surface area (Å²) in [7, 11) is 1.37. The minimum Gasteiger partial charge on any atom is -0.493 e. The van der Waals surface area contributed by atoms with Crippen LogP contribution in [0.2, 0.25) is 10.0 Å². The first-order valence-electron chi connectivity index (χ1n) is 8.30. The number of carbonyl (C=O) groups excluding carboxylic acids is 1. The second-order valence-corrected chi connectivity index (χ2v) is 6.65. The summed E-state index contributed by atoms with van der Waals surface area (Å²) < 4.78 is 15.9. The highest BCUT2D eigenvalue weighted by Crippen LogP contribution is 2.32. The molecule has 2 aromatic carbocycles. The van der Waals surface area contributed by atoms with Crippen molar-refractivity contribution in [2.24, 2.45) is 0 Å². The number of halogens is 2. The fourth-order valence-corrected chi connectivity index (χ4v) is 2.98. The summed E-state index contributed by atoms with van der Waals surface area (Å²) in [5, 5.41) is 11.8. The van der Waals surface area contributed by atoms with Crippen molar-refractivity contribution in [3.8, 4) is 22.8 Å². The molecule has 0 amide bonds. The molecule has 0 atom stereocenters. The van der Waals surface area contributed by atoms with Gasteiger partial charge in [-0.3, -0.25) is 14.9 Å². The van der Waals surface area contributed by atoms with Crippen LogP contribution in [-0.4, -0.2) is 23.0 Å². The Balaban J connectivity index is 1.65. The zero-order valence-electron chi connectivity index (χ0n) is 15.1. The number of benzene rings is 2. The molecular formula is C19H14Cl2N2O6. The van der Waals surface area contributed by atoms with Crippen LogP contribution in [-0.2, 0) is 11.2 Å². The molecule has 0 aliphatic rings. The van der Waals surface area contributed by atoms with E-state index >= 15 is 0 Å². The van der Waals surface area contributed by atoms with E-state index in [4.69, 9.17) is 37.1 Å². The van der Waals surface area contributed by atoms with E-state index in [2.05, 4.69) is 4.98 Å². The number of hydrogen-bond donors (Lipinski definition) is 0. The Morgan fingerprint density at radius 2 is 2.00 bits per heavy atom. The van der Waals surface area contributed by atoms with Gasteiger partial charge in [-0.2, -0.15) is 0 Å². The summed E-state index contributed by atoms with van der Waals surface area (Å²) in [5.41, 5.74) is 0.407. The third-order valence-corrected chi connectivity index (χ3v) is 4.42. The third kappa shape index (κ3) is 5.04. The SMILES string of the molecule is COc1ccc([N+](=O)[O-])cc1OC(=O)CCc1ncc(-c2ccc(Cl)cc2Cl)o1. The number of non-ortho nitro benzene ring substituents is 1. The van der Waals surface area contributed by atoms with Gasteiger partial charge in [-0.15, -0.1) is 0 Å². The zero-order valence-corrected chi connectivity index (χ0v) is 16.6. The van der Waals surface area contributed by atoms with Crippen LogP contribution < -0.4 is 9.47 Å². The molecule has 8 nitrogen and oxygen atoms in total. The van der Waals surface area contributed by atoms with Crippen LogP contribution in [0.1, 0.15) is 12.3 Å². The maximum absolute atomic E-state index is 12.2. The van der Waals surface area contributed by atoms with E-state index in [0.717, 1.165) is 6.07 Å². The standard InChI is InChI=1S/C19H14Cl2N2O6/c1-27-15-5-3-12(23(25)26)9-16(15)29-19(24)7-6-18-22-10-17(28-18)13-4-2-11(20)8-14(13)21/h2-5,8-10H,6-7H2,1H3. The van der Waals surface area contributed by atoms with Crippen LogP contribution in [0.5, 0.6) is 11.5 Å². The van der Waals surface area contributed by atoms with Gasteiger partial charge in [-0.25, -0.2) is 4.98 Å². The monoisotopic (exact) mass is 436 g/mol. The number of nitrogens with zero attached hydrogens (tertiary/aromatic N) is 2. The average Bonchev–Trinajstić information content (AvgIpc) is 3.15. The van der Waals surface area contributed by atoms with Crippen molar-refractivity contribution in [1.82, 2.24) is 4.98 Å². The van der Waals surface area contributed by atoms with Gasteiger partial charge in [0.2, 0.25) is 0 Å². The van der Waals surface area contributed by atoms with E-state index < -0.39 is 10.9 Å². The number of carbonyl (C=O) groups is 1. The summed E-state index contributed by atoms with van der Waals surface area (Å²) in [4.78, 5) is 26.6. The molecule has 1 heterocycles. The molecule has 0 N–H and O–H groups in total. The van der Waals surface area contributed by atoms with Crippen molar-refractivity contribution >= 4 is 34.9 Å². The number of aryl methyl sites for hydroxylation is 1. The Morgan fingerprint density at radius 1 is 1.21 bits per heavy atom. The van der Waals surface area contributed by atoms with Crippen molar-refractivity contribution in [1.29, 1.82) is 0 Å². The fraction of sp³-hybridized carbons (Fsp3) is 0.158. The van der Waals surface area contributed by atoms with E-state index in [1.54, 1.807) is 18.2 Å². The van der Waals surface area contributed by atoms with Crippen LogP contribution >= 0.6 is 23.2 Å². The molecule has 10 heteroatoms. The van der Waals surface area contributed by atoms with Gasteiger partial charge in [-0.1, -0.05) is 23.2 Å². The molecule has 0 fully saturated rings. The van der Waals surface area contributed by atoms with Crippen LogP contribution in [0.25, 0.3) is 11.3 Å². The van der Waals surface area contributed by atoms with Gasteiger partial charge in [-0.05, 0) is 24.3 Å². The predicted octanol–water partition coefficient (Wildman–Crippen LogP) is 5.10. The molecule has 1 aromatic heterocycles. The lowest BCUT2D eigenvalue weighted by atomic mass is 10.2. The smallest absolute Gasteiger partial charge is 0.311 e. The van der Waals surface area contributed by atoms with Crippen LogP contribution in [0.4, 0.5) is 5.69 Å². The first-order chi connectivity index (χ1) is 13.9. The normalized spacial score (nSPS) is 10.6. The Hall–Kier alpha value is -3.10. The van der Waals surface area contributed by atoms with Gasteiger partial charge in [0.05, 0.1) is 35.7 Å². The van der Waals surface area contributed by atoms with Gasteiger partial charge >= 0.3 is 5.97 Å². The Morgan fingerprint density at radius 3 is 2.69 bits per heavy atom. The third-order valence-electron chi connectivity index (χ3n) is 3.87. The summed E-state index contributed by atoms with van der Waals surface area (Å²) in [5.74, 6) is 0.310. The number of ether oxygens (including phenoxy) is 2. The number of esters is 1. The van der Waals surface area contributed by atoms with Crippen molar-refractivity contribution < 1.29 is 23.6 Å². The minimum absolute atomic E-state index is 0.0345. The van der Waals surface area contributed by atoms with Crippen LogP contribution in [0.3, 0.4) is 0 Å². The lowest BCUT2D eigenvalue weighted by Gasteiger charge is -2.08. The second-order valence-electron chi connectivity index (χ2n) is 5.81. The van der Waals surface area contributed by atoms with E-state index in [1.165, 1.54) is 25.4 Å². The molecule has 29 heavy (non-hydrogen) atoms. The minimum atomic E-state index is -0.618. The van der Waals surface area contributed by atoms with Gasteiger partial charge < -0.3 is 13.9 Å². The molecule has 0 spiro atoms. The first kappa shape index (κ1) is 20.6. The number of rotatable bonds is 7. The summed E-state index contributed by atoms with van der Waals surface area (Å²) in [6, 6.07) is 8.71. The zero-order chi connectivity index (χ0) is 21.0. The number of hydrogen-bond acceptors (Lipinski definition) is 7. The van der Waals surface area contributed by atoms with E-state index in [1.807, 2.05) is 0 Å². The molecule has 150 valence electrons. The topological polar surface area (TPSA) is 105 Å².